The Labute approximate surface area is 182 Å². The summed E-state index contributed by atoms with van der Waals surface area (Å²) in [6, 6.07) is 18.4. The highest BCUT2D eigenvalue weighted by atomic mass is 35.5. The molecule has 1 atom stereocenters. The van der Waals surface area contributed by atoms with E-state index >= 15 is 0 Å². The summed E-state index contributed by atoms with van der Waals surface area (Å²) in [7, 11) is 1.79. The molecule has 7 heteroatoms. The lowest BCUT2D eigenvalue weighted by atomic mass is 10.1. The van der Waals surface area contributed by atoms with Crippen LogP contribution in [0.15, 0.2) is 72.0 Å². The van der Waals surface area contributed by atoms with Crippen LogP contribution in [0.25, 0.3) is 11.3 Å². The number of rotatable bonds is 5. The molecule has 2 aromatic heterocycles. The number of anilines is 1. The molecule has 0 saturated carbocycles. The van der Waals surface area contributed by atoms with E-state index < -0.39 is 0 Å². The summed E-state index contributed by atoms with van der Waals surface area (Å²) in [5, 5.41) is 7.62. The largest absolute Gasteiger partial charge is 0.353 e. The Balaban J connectivity index is 1.33. The Morgan fingerprint density at radius 2 is 2.03 bits per heavy atom. The molecule has 4 rings (SSSR count). The van der Waals surface area contributed by atoms with Crippen molar-refractivity contribution >= 4 is 23.4 Å². The van der Waals surface area contributed by atoms with Crippen LogP contribution in [0.4, 0.5) is 5.82 Å². The average Bonchev–Trinajstić information content (AvgIpc) is 3.26. The molecule has 1 aliphatic heterocycles. The molecule has 0 radical (unpaired) electrons. The van der Waals surface area contributed by atoms with Gasteiger partial charge in [0, 0.05) is 50.7 Å². The van der Waals surface area contributed by atoms with Crippen molar-refractivity contribution in [3.63, 3.8) is 0 Å². The fourth-order valence-electron chi connectivity index (χ4n) is 3.63. The summed E-state index contributed by atoms with van der Waals surface area (Å²) >= 11 is 6.29. The Morgan fingerprint density at radius 3 is 2.83 bits per heavy atom. The third-order valence-electron chi connectivity index (χ3n) is 5.14. The van der Waals surface area contributed by atoms with E-state index in [4.69, 9.17) is 11.6 Å². The molecular weight excluding hydrogens is 396 g/mol. The first kappa shape index (κ1) is 20.2. The molecular formula is C23H25ClN6. The second-order valence-corrected chi connectivity index (χ2v) is 7.63. The van der Waals surface area contributed by atoms with Gasteiger partial charge in [-0.1, -0.05) is 35.9 Å². The summed E-state index contributed by atoms with van der Waals surface area (Å²) in [5.41, 5.74) is 3.26. The van der Waals surface area contributed by atoms with Crippen molar-refractivity contribution in [1.29, 1.82) is 0 Å². The van der Waals surface area contributed by atoms with E-state index in [1.807, 2.05) is 36.5 Å². The van der Waals surface area contributed by atoms with Crippen LogP contribution in [0.1, 0.15) is 12.0 Å². The zero-order valence-electron chi connectivity index (χ0n) is 16.9. The minimum absolute atomic E-state index is 0.286. The topological polar surface area (TPSA) is 65.4 Å². The third kappa shape index (κ3) is 4.89. The summed E-state index contributed by atoms with van der Waals surface area (Å²) in [6.45, 7) is 2.44. The second-order valence-electron chi connectivity index (χ2n) is 7.23. The molecule has 1 saturated heterocycles. The quantitative estimate of drug-likeness (QED) is 0.486. The molecule has 6 nitrogen and oxygen atoms in total. The van der Waals surface area contributed by atoms with Crippen molar-refractivity contribution in [1.82, 2.24) is 20.6 Å². The number of aliphatic imine (C=N–C) groups is 1. The van der Waals surface area contributed by atoms with Crippen LogP contribution in [0.2, 0.25) is 5.02 Å². The number of nitrogens with zero attached hydrogens (tertiary/aromatic N) is 4. The SMILES string of the molecule is CN=C(NCc1cccc(-c2ccccn2)c1)NC1CCN(c2ncccc2Cl)C1. The maximum absolute atomic E-state index is 6.29. The van der Waals surface area contributed by atoms with Crippen LogP contribution in [-0.2, 0) is 6.54 Å². The normalized spacial score (nSPS) is 16.5. The first-order valence-electron chi connectivity index (χ1n) is 10.1. The van der Waals surface area contributed by atoms with Gasteiger partial charge in [0.25, 0.3) is 0 Å². The molecule has 154 valence electrons. The zero-order valence-corrected chi connectivity index (χ0v) is 17.7. The number of halogens is 1. The Bertz CT molecular complexity index is 1010. The number of aromatic nitrogens is 2. The maximum Gasteiger partial charge on any atom is 0.191 e. The lowest BCUT2D eigenvalue weighted by molar-refractivity contribution is 0.648. The standard InChI is InChI=1S/C23H25ClN6/c1-25-23(29-19-10-13-30(16-19)22-20(24)8-5-12-27-22)28-15-17-6-4-7-18(14-17)21-9-2-3-11-26-21/h2-9,11-12,14,19H,10,13,15-16H2,1H3,(H2,25,28,29). The fourth-order valence-corrected chi connectivity index (χ4v) is 3.87. The summed E-state index contributed by atoms with van der Waals surface area (Å²) in [6.07, 6.45) is 4.60. The molecule has 0 amide bonds. The minimum Gasteiger partial charge on any atom is -0.353 e. The van der Waals surface area contributed by atoms with Crippen molar-refractivity contribution in [3.05, 3.63) is 77.6 Å². The van der Waals surface area contributed by atoms with E-state index in [2.05, 4.69) is 54.8 Å². The second kappa shape index (κ2) is 9.59. The van der Waals surface area contributed by atoms with Gasteiger partial charge in [-0.25, -0.2) is 4.98 Å². The lowest BCUT2D eigenvalue weighted by Gasteiger charge is -2.20. The predicted octanol–water partition coefficient (Wildman–Crippen LogP) is 3.74. The first-order chi connectivity index (χ1) is 14.7. The van der Waals surface area contributed by atoms with Gasteiger partial charge in [0.15, 0.2) is 5.96 Å². The highest BCUT2D eigenvalue weighted by molar-refractivity contribution is 6.32. The van der Waals surface area contributed by atoms with Crippen LogP contribution in [0.5, 0.6) is 0 Å². The molecule has 0 aliphatic carbocycles. The Hall–Kier alpha value is -3.12. The van der Waals surface area contributed by atoms with Gasteiger partial charge in [-0.3, -0.25) is 9.98 Å². The summed E-state index contributed by atoms with van der Waals surface area (Å²) in [4.78, 5) is 15.4. The molecule has 1 fully saturated rings. The summed E-state index contributed by atoms with van der Waals surface area (Å²) < 4.78 is 0. The highest BCUT2D eigenvalue weighted by Crippen LogP contribution is 2.25. The van der Waals surface area contributed by atoms with E-state index in [0.29, 0.717) is 11.6 Å². The average molecular weight is 421 g/mol. The van der Waals surface area contributed by atoms with Crippen LogP contribution in [-0.4, -0.2) is 42.1 Å². The van der Waals surface area contributed by atoms with Crippen molar-refractivity contribution in [2.45, 2.75) is 19.0 Å². The van der Waals surface area contributed by atoms with Gasteiger partial charge in [0.05, 0.1) is 10.7 Å². The fraction of sp³-hybridized carbons (Fsp3) is 0.261. The Kier molecular flexibility index (Phi) is 6.44. The van der Waals surface area contributed by atoms with Gasteiger partial charge < -0.3 is 15.5 Å². The van der Waals surface area contributed by atoms with Crippen LogP contribution in [0.3, 0.4) is 0 Å². The number of hydrogen-bond donors (Lipinski definition) is 2. The number of pyridine rings is 2. The first-order valence-corrected chi connectivity index (χ1v) is 10.4. The molecule has 3 heterocycles. The number of nitrogens with one attached hydrogen (secondary N) is 2. The van der Waals surface area contributed by atoms with Gasteiger partial charge in [0.1, 0.15) is 5.82 Å². The molecule has 1 aliphatic rings. The van der Waals surface area contributed by atoms with Gasteiger partial charge >= 0.3 is 0 Å². The van der Waals surface area contributed by atoms with Gasteiger partial charge in [0.2, 0.25) is 0 Å². The zero-order chi connectivity index (χ0) is 20.8. The molecule has 0 bridgehead atoms. The van der Waals surface area contributed by atoms with E-state index in [-0.39, 0.29) is 6.04 Å². The minimum atomic E-state index is 0.286. The summed E-state index contributed by atoms with van der Waals surface area (Å²) in [5.74, 6) is 1.63. The lowest BCUT2D eigenvalue weighted by Crippen LogP contribution is -2.44. The van der Waals surface area contributed by atoms with Crippen molar-refractivity contribution in [2.75, 3.05) is 25.0 Å². The molecule has 3 aromatic rings. The van der Waals surface area contributed by atoms with Gasteiger partial charge in [-0.15, -0.1) is 0 Å². The number of hydrogen-bond acceptors (Lipinski definition) is 4. The van der Waals surface area contributed by atoms with E-state index in [1.54, 1.807) is 13.2 Å². The van der Waals surface area contributed by atoms with Crippen molar-refractivity contribution < 1.29 is 0 Å². The van der Waals surface area contributed by atoms with Crippen LogP contribution >= 0.6 is 11.6 Å². The highest BCUT2D eigenvalue weighted by Gasteiger charge is 2.25. The molecule has 1 aromatic carbocycles. The smallest absolute Gasteiger partial charge is 0.191 e. The van der Waals surface area contributed by atoms with Crippen LogP contribution in [0, 0.1) is 0 Å². The molecule has 30 heavy (non-hydrogen) atoms. The predicted molar refractivity (Wildman–Crippen MR) is 123 cm³/mol. The van der Waals surface area contributed by atoms with Gasteiger partial charge in [-0.05, 0) is 42.3 Å². The maximum atomic E-state index is 6.29. The van der Waals surface area contributed by atoms with E-state index in [9.17, 15) is 0 Å². The molecule has 1 unspecified atom stereocenters. The van der Waals surface area contributed by atoms with Crippen LogP contribution < -0.4 is 15.5 Å². The number of guanidine groups is 1. The molecule has 0 spiro atoms. The van der Waals surface area contributed by atoms with Crippen molar-refractivity contribution in [3.8, 4) is 11.3 Å². The number of benzene rings is 1. The monoisotopic (exact) mass is 420 g/mol. The van der Waals surface area contributed by atoms with Crippen molar-refractivity contribution in [2.24, 2.45) is 4.99 Å². The third-order valence-corrected chi connectivity index (χ3v) is 5.43. The van der Waals surface area contributed by atoms with E-state index in [1.165, 1.54) is 5.56 Å². The van der Waals surface area contributed by atoms with E-state index in [0.717, 1.165) is 42.5 Å². The van der Waals surface area contributed by atoms with Gasteiger partial charge in [-0.2, -0.15) is 0 Å². The Morgan fingerprint density at radius 1 is 1.13 bits per heavy atom. The molecule has 2 N–H and O–H groups in total.